The normalized spacial score (nSPS) is 19.9. The Hall–Kier alpha value is -2.46. The Labute approximate surface area is 158 Å². The third-order valence-electron chi connectivity index (χ3n) is 5.47. The number of halogens is 1. The van der Waals surface area contributed by atoms with Crippen LogP contribution in [0.15, 0.2) is 18.2 Å². The van der Waals surface area contributed by atoms with Crippen LogP contribution in [0.2, 0.25) is 0 Å². The van der Waals surface area contributed by atoms with Crippen molar-refractivity contribution in [1.29, 1.82) is 5.26 Å². The molecule has 0 radical (unpaired) electrons. The van der Waals surface area contributed by atoms with E-state index >= 15 is 0 Å². The van der Waals surface area contributed by atoms with E-state index in [9.17, 15) is 19.2 Å². The summed E-state index contributed by atoms with van der Waals surface area (Å²) in [6, 6.07) is 6.75. The number of carbonyl (C=O) groups excluding carboxylic acids is 2. The van der Waals surface area contributed by atoms with Crippen molar-refractivity contribution >= 4 is 11.8 Å². The lowest BCUT2D eigenvalue weighted by atomic mass is 9.98. The number of rotatable bonds is 5. The van der Waals surface area contributed by atoms with Gasteiger partial charge >= 0.3 is 0 Å². The van der Waals surface area contributed by atoms with Crippen molar-refractivity contribution in [3.8, 4) is 6.07 Å². The second-order valence-electron chi connectivity index (χ2n) is 7.67. The van der Waals surface area contributed by atoms with Gasteiger partial charge in [0.05, 0.1) is 12.6 Å². The molecule has 7 heteroatoms. The summed E-state index contributed by atoms with van der Waals surface area (Å²) in [7, 11) is 0. The quantitative estimate of drug-likeness (QED) is 0.854. The minimum Gasteiger partial charge on any atom is -0.337 e. The topological polar surface area (TPSA) is 76.4 Å². The van der Waals surface area contributed by atoms with Crippen molar-refractivity contribution in [2.24, 2.45) is 5.92 Å². The van der Waals surface area contributed by atoms with E-state index < -0.39 is 5.54 Å². The zero-order valence-corrected chi connectivity index (χ0v) is 15.8. The van der Waals surface area contributed by atoms with Crippen molar-refractivity contribution in [1.82, 2.24) is 15.1 Å². The summed E-state index contributed by atoms with van der Waals surface area (Å²) in [6.45, 7) is 5.76. The number of nitriles is 1. The minimum atomic E-state index is -0.787. The van der Waals surface area contributed by atoms with Gasteiger partial charge < -0.3 is 10.2 Å². The van der Waals surface area contributed by atoms with Crippen LogP contribution in [0.1, 0.15) is 35.7 Å². The highest BCUT2D eigenvalue weighted by atomic mass is 19.1. The lowest BCUT2D eigenvalue weighted by molar-refractivity contribution is -0.124. The molecule has 1 atom stereocenters. The lowest BCUT2D eigenvalue weighted by Crippen LogP contribution is -2.54. The molecule has 0 spiro atoms. The van der Waals surface area contributed by atoms with E-state index in [0.29, 0.717) is 37.3 Å². The van der Waals surface area contributed by atoms with Crippen LogP contribution in [0.4, 0.5) is 4.39 Å². The van der Waals surface area contributed by atoms with E-state index in [0.717, 1.165) is 12.8 Å². The molecular formula is C20H25FN4O2. The number of benzene rings is 1. The predicted molar refractivity (Wildman–Crippen MR) is 98.4 cm³/mol. The summed E-state index contributed by atoms with van der Waals surface area (Å²) in [5.74, 6) is -0.488. The standard InChI is InChI=1S/C20H25FN4O2/c1-14-3-4-15(11-17(14)21)19(27)25-9-7-24(8-10-25)12-18(26)23-20(2,13-22)16-5-6-16/h3-4,11,16H,5-10,12H2,1-2H3,(H,23,26). The number of carbonyl (C=O) groups is 2. The number of amides is 2. The van der Waals surface area contributed by atoms with Gasteiger partial charge in [0.2, 0.25) is 5.91 Å². The summed E-state index contributed by atoms with van der Waals surface area (Å²) in [5, 5.41) is 12.2. The zero-order chi connectivity index (χ0) is 19.6. The molecule has 0 aromatic heterocycles. The number of hydrogen-bond acceptors (Lipinski definition) is 4. The van der Waals surface area contributed by atoms with Gasteiger partial charge in [-0.3, -0.25) is 14.5 Å². The highest BCUT2D eigenvalue weighted by molar-refractivity contribution is 5.94. The fourth-order valence-corrected chi connectivity index (χ4v) is 3.43. The van der Waals surface area contributed by atoms with Crippen molar-refractivity contribution in [2.45, 2.75) is 32.2 Å². The molecule has 0 bridgehead atoms. The molecule has 3 rings (SSSR count). The maximum Gasteiger partial charge on any atom is 0.254 e. The fourth-order valence-electron chi connectivity index (χ4n) is 3.43. The summed E-state index contributed by atoms with van der Waals surface area (Å²) in [6.07, 6.45) is 1.95. The monoisotopic (exact) mass is 372 g/mol. The Morgan fingerprint density at radius 1 is 1.30 bits per heavy atom. The molecule has 1 heterocycles. The average molecular weight is 372 g/mol. The zero-order valence-electron chi connectivity index (χ0n) is 15.8. The number of hydrogen-bond donors (Lipinski definition) is 1. The Morgan fingerprint density at radius 2 is 1.96 bits per heavy atom. The third-order valence-corrected chi connectivity index (χ3v) is 5.47. The van der Waals surface area contributed by atoms with Gasteiger partial charge in [-0.05, 0) is 50.3 Å². The van der Waals surface area contributed by atoms with Crippen LogP contribution in [0.25, 0.3) is 0 Å². The molecule has 1 aromatic rings. The van der Waals surface area contributed by atoms with Crippen LogP contribution in [0.3, 0.4) is 0 Å². The van der Waals surface area contributed by atoms with Crippen molar-refractivity contribution in [2.75, 3.05) is 32.7 Å². The van der Waals surface area contributed by atoms with Gasteiger partial charge in [-0.2, -0.15) is 5.26 Å². The van der Waals surface area contributed by atoms with E-state index in [-0.39, 0.29) is 30.1 Å². The molecule has 1 aliphatic heterocycles. The van der Waals surface area contributed by atoms with Crippen LogP contribution in [0, 0.1) is 30.0 Å². The first-order valence-corrected chi connectivity index (χ1v) is 9.32. The molecular weight excluding hydrogens is 347 g/mol. The highest BCUT2D eigenvalue weighted by Gasteiger charge is 2.43. The Kier molecular flexibility index (Phi) is 5.47. The summed E-state index contributed by atoms with van der Waals surface area (Å²) >= 11 is 0. The number of nitrogens with zero attached hydrogens (tertiary/aromatic N) is 3. The number of piperazine rings is 1. The van der Waals surface area contributed by atoms with E-state index in [1.165, 1.54) is 6.07 Å². The molecule has 1 saturated carbocycles. The summed E-state index contributed by atoms with van der Waals surface area (Å²) < 4.78 is 13.7. The van der Waals surface area contributed by atoms with E-state index in [2.05, 4.69) is 11.4 Å². The highest BCUT2D eigenvalue weighted by Crippen LogP contribution is 2.39. The van der Waals surface area contributed by atoms with E-state index in [1.54, 1.807) is 30.9 Å². The molecule has 1 aliphatic carbocycles. The van der Waals surface area contributed by atoms with Gasteiger partial charge in [0.25, 0.3) is 5.91 Å². The molecule has 1 aromatic carbocycles. The lowest BCUT2D eigenvalue weighted by Gasteiger charge is -2.35. The van der Waals surface area contributed by atoms with E-state index in [1.807, 2.05) is 4.90 Å². The first-order valence-electron chi connectivity index (χ1n) is 9.32. The SMILES string of the molecule is Cc1ccc(C(=O)N2CCN(CC(=O)NC(C)(C#N)C3CC3)CC2)cc1F. The smallest absolute Gasteiger partial charge is 0.254 e. The van der Waals surface area contributed by atoms with Gasteiger partial charge in [0.1, 0.15) is 11.4 Å². The predicted octanol–water partition coefficient (Wildman–Crippen LogP) is 1.70. The van der Waals surface area contributed by atoms with E-state index in [4.69, 9.17) is 0 Å². The summed E-state index contributed by atoms with van der Waals surface area (Å²) in [5.41, 5.74) is 0.0705. The molecule has 1 unspecified atom stereocenters. The fraction of sp³-hybridized carbons (Fsp3) is 0.550. The van der Waals surface area contributed by atoms with Gasteiger partial charge in [-0.15, -0.1) is 0 Å². The molecule has 6 nitrogen and oxygen atoms in total. The Morgan fingerprint density at radius 3 is 2.52 bits per heavy atom. The van der Waals surface area contributed by atoms with Crippen molar-refractivity contribution in [3.63, 3.8) is 0 Å². The molecule has 1 N–H and O–H groups in total. The first-order chi connectivity index (χ1) is 12.8. The average Bonchev–Trinajstić information content (AvgIpc) is 3.49. The second kappa shape index (κ2) is 7.65. The second-order valence-corrected chi connectivity index (χ2v) is 7.67. The van der Waals surface area contributed by atoms with Crippen LogP contribution in [-0.2, 0) is 4.79 Å². The Balaban J connectivity index is 1.50. The van der Waals surface area contributed by atoms with Crippen LogP contribution >= 0.6 is 0 Å². The van der Waals surface area contributed by atoms with Crippen LogP contribution in [-0.4, -0.2) is 59.9 Å². The molecule has 2 fully saturated rings. The maximum atomic E-state index is 13.7. The molecule has 27 heavy (non-hydrogen) atoms. The number of nitrogens with one attached hydrogen (secondary N) is 1. The van der Waals surface area contributed by atoms with Gasteiger partial charge in [0.15, 0.2) is 0 Å². The van der Waals surface area contributed by atoms with Crippen LogP contribution < -0.4 is 5.32 Å². The molecule has 2 amide bonds. The van der Waals surface area contributed by atoms with Crippen molar-refractivity contribution < 1.29 is 14.0 Å². The number of aryl methyl sites for hydroxylation is 1. The van der Waals surface area contributed by atoms with Crippen LogP contribution in [0.5, 0.6) is 0 Å². The van der Waals surface area contributed by atoms with Crippen molar-refractivity contribution in [3.05, 3.63) is 35.1 Å². The molecule has 144 valence electrons. The largest absolute Gasteiger partial charge is 0.337 e. The first kappa shape index (κ1) is 19.3. The maximum absolute atomic E-state index is 13.7. The third kappa shape index (κ3) is 4.45. The summed E-state index contributed by atoms with van der Waals surface area (Å²) in [4.78, 5) is 28.5. The van der Waals surface area contributed by atoms with Gasteiger partial charge in [-0.25, -0.2) is 4.39 Å². The van der Waals surface area contributed by atoms with Gasteiger partial charge in [-0.1, -0.05) is 6.07 Å². The minimum absolute atomic E-state index is 0.161. The molecule has 2 aliphatic rings. The molecule has 1 saturated heterocycles. The van der Waals surface area contributed by atoms with Gasteiger partial charge in [0, 0.05) is 31.7 Å². The Bertz CT molecular complexity index is 779.